The smallest absolute Gasteiger partial charge is 0.274 e. The molecule has 0 aliphatic heterocycles. The third-order valence-electron chi connectivity index (χ3n) is 2.79. The molecule has 0 N–H and O–H groups in total. The van der Waals surface area contributed by atoms with Crippen LogP contribution in [0.5, 0.6) is 5.75 Å². The first-order valence-electron chi connectivity index (χ1n) is 6.63. The van der Waals surface area contributed by atoms with E-state index >= 15 is 0 Å². The Morgan fingerprint density at radius 3 is 2.85 bits per heavy atom. The summed E-state index contributed by atoms with van der Waals surface area (Å²) in [4.78, 5) is 8.82. The summed E-state index contributed by atoms with van der Waals surface area (Å²) in [7, 11) is 1.17. The van der Waals surface area contributed by atoms with Crippen molar-refractivity contribution in [2.75, 3.05) is 0 Å². The lowest BCUT2D eigenvalue weighted by Crippen LogP contribution is -2.12. The first-order valence-corrected chi connectivity index (χ1v) is 9.04. The molecule has 0 bridgehead atoms. The van der Waals surface area contributed by atoms with Gasteiger partial charge in [0.15, 0.2) is 0 Å². The van der Waals surface area contributed by atoms with Crippen LogP contribution in [0.1, 0.15) is 11.3 Å². The number of hydrogen-bond acceptors (Lipinski definition) is 3. The maximum absolute atomic E-state index is 5.95. The van der Waals surface area contributed by atoms with E-state index in [1.54, 1.807) is 6.33 Å². The molecule has 0 unspecified atom stereocenters. The average molecular weight is 286 g/mol. The summed E-state index contributed by atoms with van der Waals surface area (Å²) >= 11 is 0. The van der Waals surface area contributed by atoms with Crippen LogP contribution < -0.4 is 4.43 Å². The second kappa shape index (κ2) is 6.52. The highest BCUT2D eigenvalue weighted by Crippen LogP contribution is 2.31. The van der Waals surface area contributed by atoms with Crippen molar-refractivity contribution in [3.05, 3.63) is 42.0 Å². The predicted octanol–water partition coefficient (Wildman–Crippen LogP) is 3.30. The molecule has 20 heavy (non-hydrogen) atoms. The molecule has 1 heterocycles. The Morgan fingerprint density at radius 2 is 2.20 bits per heavy atom. The minimum absolute atomic E-state index is 0.726. The zero-order valence-corrected chi connectivity index (χ0v) is 13.4. The van der Waals surface area contributed by atoms with Crippen molar-refractivity contribution >= 4 is 20.9 Å². The molecule has 1 aromatic carbocycles. The average Bonchev–Trinajstić information content (AvgIpc) is 2.79. The second-order valence-electron chi connectivity index (χ2n) is 4.98. The van der Waals surface area contributed by atoms with Crippen molar-refractivity contribution in [2.45, 2.75) is 26.4 Å². The second-order valence-corrected chi connectivity index (χ2v) is 7.00. The first kappa shape index (κ1) is 14.5. The molecule has 1 aromatic heterocycles. The van der Waals surface area contributed by atoms with Gasteiger partial charge in [0, 0.05) is 25.9 Å². The Morgan fingerprint density at radius 1 is 1.40 bits per heavy atom. The topological polar surface area (TPSA) is 39.4 Å². The van der Waals surface area contributed by atoms with E-state index in [1.807, 2.05) is 36.2 Å². The summed E-state index contributed by atoms with van der Waals surface area (Å²) in [5, 5.41) is 0. The summed E-state index contributed by atoms with van der Waals surface area (Å²) < 4.78 is 7.89. The van der Waals surface area contributed by atoms with Gasteiger partial charge in [-0.3, -0.25) is 4.99 Å². The SMILES string of the molecule is Cc1cccc(N=CCc2cn(C)cn2)c1O[Si](C)C. The van der Waals surface area contributed by atoms with Crippen molar-refractivity contribution < 1.29 is 4.43 Å². The monoisotopic (exact) mass is 286 g/mol. The number of nitrogens with zero attached hydrogens (tertiary/aromatic N) is 3. The number of rotatable bonds is 5. The minimum atomic E-state index is -0.794. The van der Waals surface area contributed by atoms with Crippen LogP contribution in [0.3, 0.4) is 0 Å². The number of aliphatic imine (C=N–C) groups is 1. The molecule has 0 atom stereocenters. The van der Waals surface area contributed by atoms with Gasteiger partial charge in [0.1, 0.15) is 11.4 Å². The normalized spacial score (nSPS) is 11.4. The van der Waals surface area contributed by atoms with Gasteiger partial charge in [-0.15, -0.1) is 0 Å². The van der Waals surface area contributed by atoms with Gasteiger partial charge in [0.25, 0.3) is 9.04 Å². The minimum Gasteiger partial charge on any atom is -0.541 e. The Hall–Kier alpha value is -1.88. The van der Waals surface area contributed by atoms with Crippen LogP contribution in [-0.4, -0.2) is 24.8 Å². The molecular weight excluding hydrogens is 266 g/mol. The first-order chi connectivity index (χ1) is 9.56. The van der Waals surface area contributed by atoms with Crippen molar-refractivity contribution in [1.82, 2.24) is 9.55 Å². The van der Waals surface area contributed by atoms with E-state index in [0.717, 1.165) is 29.1 Å². The van der Waals surface area contributed by atoms with E-state index in [2.05, 4.69) is 36.1 Å². The molecule has 2 aromatic rings. The fourth-order valence-electron chi connectivity index (χ4n) is 1.89. The van der Waals surface area contributed by atoms with Crippen LogP contribution in [0.15, 0.2) is 35.7 Å². The molecule has 0 saturated heterocycles. The zero-order chi connectivity index (χ0) is 14.5. The van der Waals surface area contributed by atoms with E-state index in [4.69, 9.17) is 4.43 Å². The van der Waals surface area contributed by atoms with Gasteiger partial charge < -0.3 is 8.99 Å². The van der Waals surface area contributed by atoms with E-state index in [9.17, 15) is 0 Å². The summed E-state index contributed by atoms with van der Waals surface area (Å²) in [5.74, 6) is 0.906. The maximum atomic E-state index is 5.95. The van der Waals surface area contributed by atoms with E-state index in [1.165, 1.54) is 0 Å². The number of benzene rings is 1. The van der Waals surface area contributed by atoms with Crippen molar-refractivity contribution in [3.8, 4) is 5.75 Å². The van der Waals surface area contributed by atoms with E-state index in [-0.39, 0.29) is 0 Å². The zero-order valence-electron chi connectivity index (χ0n) is 12.4. The van der Waals surface area contributed by atoms with Gasteiger partial charge in [-0.2, -0.15) is 0 Å². The van der Waals surface area contributed by atoms with Crippen LogP contribution >= 0.6 is 0 Å². The molecule has 105 valence electrons. The van der Waals surface area contributed by atoms with Gasteiger partial charge in [-0.25, -0.2) is 4.98 Å². The molecule has 2 rings (SSSR count). The lowest BCUT2D eigenvalue weighted by Gasteiger charge is -2.13. The molecule has 4 nitrogen and oxygen atoms in total. The third kappa shape index (κ3) is 3.80. The number of para-hydroxylation sites is 1. The number of imidazole rings is 1. The van der Waals surface area contributed by atoms with Crippen LogP contribution in [0.4, 0.5) is 5.69 Å². The van der Waals surface area contributed by atoms with Crippen LogP contribution in [-0.2, 0) is 13.5 Å². The molecule has 5 heteroatoms. The highest BCUT2D eigenvalue weighted by molar-refractivity contribution is 6.49. The fourth-order valence-corrected chi connectivity index (χ4v) is 2.56. The Balaban J connectivity index is 2.14. The van der Waals surface area contributed by atoms with Crippen molar-refractivity contribution in [3.63, 3.8) is 0 Å². The van der Waals surface area contributed by atoms with Gasteiger partial charge in [-0.05, 0) is 31.6 Å². The van der Waals surface area contributed by atoms with Crippen LogP contribution in [0, 0.1) is 6.92 Å². The number of aryl methyl sites for hydroxylation is 2. The Kier molecular flexibility index (Phi) is 4.73. The molecule has 0 amide bonds. The number of aromatic nitrogens is 2. The van der Waals surface area contributed by atoms with Crippen LogP contribution in [0.25, 0.3) is 0 Å². The quantitative estimate of drug-likeness (QED) is 0.625. The molecule has 0 saturated carbocycles. The Bertz CT molecular complexity index is 605. The predicted molar refractivity (Wildman–Crippen MR) is 84.4 cm³/mol. The summed E-state index contributed by atoms with van der Waals surface area (Å²) in [6, 6.07) is 6.05. The fraction of sp³-hybridized carbons (Fsp3) is 0.333. The van der Waals surface area contributed by atoms with E-state index < -0.39 is 9.04 Å². The van der Waals surface area contributed by atoms with Gasteiger partial charge in [-0.1, -0.05) is 12.1 Å². The largest absolute Gasteiger partial charge is 0.541 e. The highest BCUT2D eigenvalue weighted by atomic mass is 28.3. The lowest BCUT2D eigenvalue weighted by molar-refractivity contribution is 0.577. The van der Waals surface area contributed by atoms with Gasteiger partial charge in [0.2, 0.25) is 0 Å². The van der Waals surface area contributed by atoms with E-state index in [0.29, 0.717) is 0 Å². The maximum Gasteiger partial charge on any atom is 0.274 e. The van der Waals surface area contributed by atoms with Gasteiger partial charge >= 0.3 is 0 Å². The Labute approximate surface area is 121 Å². The third-order valence-corrected chi connectivity index (χ3v) is 3.40. The molecular formula is C15H20N3OSi. The summed E-state index contributed by atoms with van der Waals surface area (Å²) in [6.45, 7) is 6.30. The highest BCUT2D eigenvalue weighted by Gasteiger charge is 2.08. The molecule has 0 fully saturated rings. The molecule has 1 radical (unpaired) electrons. The molecule has 0 aliphatic carbocycles. The molecule has 0 spiro atoms. The number of hydrogen-bond donors (Lipinski definition) is 0. The van der Waals surface area contributed by atoms with Gasteiger partial charge in [0.05, 0.1) is 12.0 Å². The van der Waals surface area contributed by atoms with Crippen molar-refractivity contribution in [1.29, 1.82) is 0 Å². The lowest BCUT2D eigenvalue weighted by atomic mass is 10.2. The van der Waals surface area contributed by atoms with Crippen molar-refractivity contribution in [2.24, 2.45) is 12.0 Å². The summed E-state index contributed by atoms with van der Waals surface area (Å²) in [5.41, 5.74) is 3.04. The summed E-state index contributed by atoms with van der Waals surface area (Å²) in [6.07, 6.45) is 6.41. The molecule has 0 aliphatic rings. The van der Waals surface area contributed by atoms with Crippen LogP contribution in [0.2, 0.25) is 13.1 Å². The standard InChI is InChI=1S/C15H20N3OSi/c1-12-6-5-7-14(15(12)19-20(3)4)16-9-8-13-10-18(2)11-17-13/h5-7,9-11H,8H2,1-4H3.